The van der Waals surface area contributed by atoms with Crippen LogP contribution in [0.25, 0.3) is 0 Å². The second kappa shape index (κ2) is 6.36. The van der Waals surface area contributed by atoms with E-state index in [4.69, 9.17) is 11.6 Å². The second-order valence-corrected chi connectivity index (χ2v) is 5.25. The number of pyridine rings is 1. The maximum Gasteiger partial charge on any atom is 0.0547 e. The summed E-state index contributed by atoms with van der Waals surface area (Å²) in [5.74, 6) is 0.711. The topological polar surface area (TPSA) is 16.1 Å². The van der Waals surface area contributed by atoms with Crippen molar-refractivity contribution in [2.24, 2.45) is 0 Å². The Kier molecular flexibility index (Phi) is 4.81. The number of halogens is 1. The van der Waals surface area contributed by atoms with Crippen LogP contribution in [0.15, 0.2) is 18.2 Å². The van der Waals surface area contributed by atoms with E-state index in [2.05, 4.69) is 22.0 Å². The highest BCUT2D eigenvalue weighted by Crippen LogP contribution is 2.24. The molecule has 1 aromatic heterocycles. The molecule has 2 nitrogen and oxygen atoms in total. The summed E-state index contributed by atoms with van der Waals surface area (Å²) in [4.78, 5) is 7.08. The van der Waals surface area contributed by atoms with Crippen LogP contribution in [-0.2, 0) is 6.54 Å². The number of nitrogens with zero attached hydrogens (tertiary/aromatic N) is 2. The molecule has 0 radical (unpaired) electrons. The third-order valence-electron chi connectivity index (χ3n) is 3.52. The minimum atomic E-state index is 0.711. The number of rotatable bonds is 5. The lowest BCUT2D eigenvalue weighted by Crippen LogP contribution is -2.34. The Morgan fingerprint density at radius 1 is 1.35 bits per heavy atom. The molecule has 1 saturated carbocycles. The maximum absolute atomic E-state index is 5.91. The van der Waals surface area contributed by atoms with E-state index in [1.165, 1.54) is 31.4 Å². The van der Waals surface area contributed by atoms with Crippen molar-refractivity contribution in [3.63, 3.8) is 0 Å². The van der Waals surface area contributed by atoms with Gasteiger partial charge in [0.2, 0.25) is 0 Å². The molecule has 1 heterocycles. The van der Waals surface area contributed by atoms with Gasteiger partial charge in [-0.2, -0.15) is 0 Å². The molecule has 0 aliphatic heterocycles. The predicted octanol–water partition coefficient (Wildman–Crippen LogP) is 3.37. The molecule has 3 heteroatoms. The van der Waals surface area contributed by atoms with Crippen molar-refractivity contribution in [2.45, 2.75) is 45.2 Å². The molecule has 0 aromatic carbocycles. The van der Waals surface area contributed by atoms with Crippen molar-refractivity contribution in [2.75, 3.05) is 12.4 Å². The molecule has 0 amide bonds. The van der Waals surface area contributed by atoms with Gasteiger partial charge in [-0.05, 0) is 31.9 Å². The molecule has 1 aliphatic rings. The highest BCUT2D eigenvalue weighted by atomic mass is 35.5. The molecule has 1 aromatic rings. The predicted molar refractivity (Wildman–Crippen MR) is 72.4 cm³/mol. The van der Waals surface area contributed by atoms with Crippen molar-refractivity contribution in [3.05, 3.63) is 29.6 Å². The molecule has 0 bridgehead atoms. The van der Waals surface area contributed by atoms with Gasteiger partial charge in [-0.3, -0.25) is 9.88 Å². The van der Waals surface area contributed by atoms with Crippen LogP contribution in [0.2, 0.25) is 0 Å². The zero-order valence-corrected chi connectivity index (χ0v) is 11.3. The average molecular weight is 253 g/mol. The maximum atomic E-state index is 5.91. The highest BCUT2D eigenvalue weighted by molar-refractivity contribution is 6.18. The van der Waals surface area contributed by atoms with Crippen LogP contribution in [-0.4, -0.2) is 28.4 Å². The van der Waals surface area contributed by atoms with Crippen LogP contribution in [0.5, 0.6) is 0 Å². The number of aryl methyl sites for hydroxylation is 1. The molecule has 94 valence electrons. The molecule has 17 heavy (non-hydrogen) atoms. The molecular weight excluding hydrogens is 232 g/mol. The van der Waals surface area contributed by atoms with E-state index in [0.717, 1.165) is 24.8 Å². The summed E-state index contributed by atoms with van der Waals surface area (Å²) >= 11 is 5.91. The first kappa shape index (κ1) is 12.8. The van der Waals surface area contributed by atoms with Gasteiger partial charge in [-0.25, -0.2) is 0 Å². The van der Waals surface area contributed by atoms with Gasteiger partial charge in [0.05, 0.1) is 5.69 Å². The van der Waals surface area contributed by atoms with Crippen molar-refractivity contribution in [1.29, 1.82) is 0 Å². The Hall–Kier alpha value is -0.600. The molecule has 1 aliphatic carbocycles. The lowest BCUT2D eigenvalue weighted by atomic mass is 10.2. The molecule has 0 N–H and O–H groups in total. The van der Waals surface area contributed by atoms with Crippen molar-refractivity contribution in [1.82, 2.24) is 9.88 Å². The van der Waals surface area contributed by atoms with Crippen molar-refractivity contribution >= 4 is 11.6 Å². The first-order valence-corrected chi connectivity index (χ1v) is 7.05. The third-order valence-corrected chi connectivity index (χ3v) is 3.69. The summed E-state index contributed by atoms with van der Waals surface area (Å²) in [5.41, 5.74) is 2.27. The van der Waals surface area contributed by atoms with Gasteiger partial charge < -0.3 is 0 Å². The van der Waals surface area contributed by atoms with E-state index in [0.29, 0.717) is 5.88 Å². The van der Waals surface area contributed by atoms with Gasteiger partial charge in [-0.1, -0.05) is 18.9 Å². The fraction of sp³-hybridized carbons (Fsp3) is 0.643. The van der Waals surface area contributed by atoms with Gasteiger partial charge >= 0.3 is 0 Å². The normalized spacial score (nSPS) is 16.9. The van der Waals surface area contributed by atoms with Crippen LogP contribution in [0.4, 0.5) is 0 Å². The molecule has 2 rings (SSSR count). The first-order valence-electron chi connectivity index (χ1n) is 6.52. The van der Waals surface area contributed by atoms with Crippen LogP contribution in [0.3, 0.4) is 0 Å². The lowest BCUT2D eigenvalue weighted by molar-refractivity contribution is 0.199. The summed E-state index contributed by atoms with van der Waals surface area (Å²) in [5, 5.41) is 0. The Morgan fingerprint density at radius 3 is 2.76 bits per heavy atom. The van der Waals surface area contributed by atoms with Gasteiger partial charge in [0, 0.05) is 30.7 Å². The van der Waals surface area contributed by atoms with Gasteiger partial charge in [-0.15, -0.1) is 11.6 Å². The third kappa shape index (κ3) is 3.68. The fourth-order valence-electron chi connectivity index (χ4n) is 2.66. The SMILES string of the molecule is Cc1cccc(CN(CCCl)C2CCCC2)n1. The van der Waals surface area contributed by atoms with E-state index in [-0.39, 0.29) is 0 Å². The lowest BCUT2D eigenvalue weighted by Gasteiger charge is -2.27. The molecular formula is C14H21ClN2. The molecule has 0 saturated heterocycles. The quantitative estimate of drug-likeness (QED) is 0.747. The van der Waals surface area contributed by atoms with Crippen LogP contribution in [0, 0.1) is 6.92 Å². The van der Waals surface area contributed by atoms with E-state index >= 15 is 0 Å². The standard InChI is InChI=1S/C14H21ClN2/c1-12-5-4-6-13(16-12)11-17(10-9-15)14-7-2-3-8-14/h4-6,14H,2-3,7-11H2,1H3. The average Bonchev–Trinajstić information content (AvgIpc) is 2.82. The van der Waals surface area contributed by atoms with Crippen LogP contribution >= 0.6 is 11.6 Å². The summed E-state index contributed by atoms with van der Waals surface area (Å²) in [6, 6.07) is 6.97. The Bertz CT molecular complexity index is 348. The number of hydrogen-bond donors (Lipinski definition) is 0. The van der Waals surface area contributed by atoms with Gasteiger partial charge in [0.15, 0.2) is 0 Å². The minimum Gasteiger partial charge on any atom is -0.293 e. The highest BCUT2D eigenvalue weighted by Gasteiger charge is 2.22. The molecule has 0 spiro atoms. The summed E-state index contributed by atoms with van der Waals surface area (Å²) in [6.45, 7) is 3.96. The fourth-order valence-corrected chi connectivity index (χ4v) is 2.88. The smallest absolute Gasteiger partial charge is 0.0547 e. The molecule has 0 atom stereocenters. The monoisotopic (exact) mass is 252 g/mol. The largest absolute Gasteiger partial charge is 0.293 e. The number of aromatic nitrogens is 1. The van der Waals surface area contributed by atoms with E-state index < -0.39 is 0 Å². The van der Waals surface area contributed by atoms with E-state index in [1.54, 1.807) is 0 Å². The van der Waals surface area contributed by atoms with Crippen LogP contribution < -0.4 is 0 Å². The van der Waals surface area contributed by atoms with E-state index in [9.17, 15) is 0 Å². The van der Waals surface area contributed by atoms with E-state index in [1.807, 2.05) is 13.0 Å². The molecule has 1 fully saturated rings. The van der Waals surface area contributed by atoms with Gasteiger partial charge in [0.1, 0.15) is 0 Å². The Balaban J connectivity index is 2.01. The first-order chi connectivity index (χ1) is 8.29. The second-order valence-electron chi connectivity index (χ2n) is 4.87. The number of alkyl halides is 1. The Labute approximate surface area is 109 Å². The van der Waals surface area contributed by atoms with Crippen LogP contribution in [0.1, 0.15) is 37.1 Å². The van der Waals surface area contributed by atoms with Crippen molar-refractivity contribution < 1.29 is 0 Å². The Morgan fingerprint density at radius 2 is 2.12 bits per heavy atom. The summed E-state index contributed by atoms with van der Waals surface area (Å²) in [6.07, 6.45) is 5.38. The van der Waals surface area contributed by atoms with Gasteiger partial charge in [0.25, 0.3) is 0 Å². The van der Waals surface area contributed by atoms with Crippen molar-refractivity contribution in [3.8, 4) is 0 Å². The number of hydrogen-bond acceptors (Lipinski definition) is 2. The summed E-state index contributed by atoms with van der Waals surface area (Å²) < 4.78 is 0. The zero-order chi connectivity index (χ0) is 12.1. The minimum absolute atomic E-state index is 0.711. The zero-order valence-electron chi connectivity index (χ0n) is 10.5. The molecule has 0 unspecified atom stereocenters. The summed E-state index contributed by atoms with van der Waals surface area (Å²) in [7, 11) is 0.